The summed E-state index contributed by atoms with van der Waals surface area (Å²) in [6, 6.07) is 0.659. The molecule has 1 heterocycles. The van der Waals surface area contributed by atoms with Crippen LogP contribution in [0.25, 0.3) is 0 Å². The van der Waals surface area contributed by atoms with Gasteiger partial charge in [0, 0.05) is 26.1 Å². The van der Waals surface area contributed by atoms with E-state index in [0.29, 0.717) is 12.1 Å². The number of rotatable bonds is 5. The van der Waals surface area contributed by atoms with Gasteiger partial charge in [-0.2, -0.15) is 0 Å². The number of carbonyl (C=O) groups excluding carboxylic acids is 1. The minimum atomic E-state index is -0.167. The fourth-order valence-electron chi connectivity index (χ4n) is 2.90. The Kier molecular flexibility index (Phi) is 5.01. The molecule has 1 atom stereocenters. The molecule has 1 saturated carbocycles. The molecule has 4 nitrogen and oxygen atoms in total. The molecular formula is C14H26N2O2. The third kappa shape index (κ3) is 3.45. The molecular weight excluding hydrogens is 228 g/mol. The number of carbonyl (C=O) groups is 1. The summed E-state index contributed by atoms with van der Waals surface area (Å²) in [5, 5.41) is 3.57. The zero-order chi connectivity index (χ0) is 13.0. The van der Waals surface area contributed by atoms with Gasteiger partial charge in [-0.15, -0.1) is 0 Å². The van der Waals surface area contributed by atoms with Crippen LogP contribution in [0.1, 0.15) is 45.4 Å². The van der Waals surface area contributed by atoms with Crippen LogP contribution < -0.4 is 5.32 Å². The van der Waals surface area contributed by atoms with Gasteiger partial charge in [-0.05, 0) is 38.6 Å². The number of likely N-dealkylation sites (tertiary alicyclic amines) is 1. The zero-order valence-corrected chi connectivity index (χ0v) is 11.7. The van der Waals surface area contributed by atoms with Crippen molar-refractivity contribution in [3.8, 4) is 0 Å². The van der Waals surface area contributed by atoms with E-state index in [9.17, 15) is 4.79 Å². The van der Waals surface area contributed by atoms with E-state index < -0.39 is 0 Å². The number of amides is 1. The number of hydrogen-bond acceptors (Lipinski definition) is 3. The largest absolute Gasteiger partial charge is 0.365 e. The van der Waals surface area contributed by atoms with Crippen LogP contribution in [0.3, 0.4) is 0 Å². The van der Waals surface area contributed by atoms with Gasteiger partial charge < -0.3 is 15.0 Å². The number of nitrogens with zero attached hydrogens (tertiary/aromatic N) is 1. The molecule has 0 radical (unpaired) electrons. The predicted octanol–water partition coefficient (Wildman–Crippen LogP) is 1.54. The third-order valence-corrected chi connectivity index (χ3v) is 4.09. The number of nitrogens with one attached hydrogen (secondary N) is 1. The van der Waals surface area contributed by atoms with Gasteiger partial charge in [-0.25, -0.2) is 0 Å². The Morgan fingerprint density at radius 2 is 2.00 bits per heavy atom. The molecule has 0 aromatic heterocycles. The highest BCUT2D eigenvalue weighted by molar-refractivity contribution is 5.82. The zero-order valence-electron chi connectivity index (χ0n) is 11.7. The summed E-state index contributed by atoms with van der Waals surface area (Å²) in [5.74, 6) is 0.168. The number of likely N-dealkylation sites (N-methyl/N-ethyl adjacent to an activating group) is 1. The lowest BCUT2D eigenvalue weighted by Gasteiger charge is -2.30. The number of hydrogen-bond donors (Lipinski definition) is 1. The van der Waals surface area contributed by atoms with Crippen molar-refractivity contribution < 1.29 is 9.53 Å². The molecule has 2 fully saturated rings. The molecule has 1 saturated heterocycles. The highest BCUT2D eigenvalue weighted by Crippen LogP contribution is 2.25. The summed E-state index contributed by atoms with van der Waals surface area (Å²) in [7, 11) is 1.86. The van der Waals surface area contributed by atoms with E-state index in [-0.39, 0.29) is 12.0 Å². The van der Waals surface area contributed by atoms with Gasteiger partial charge in [0.1, 0.15) is 6.10 Å². The first kappa shape index (κ1) is 13.8. The minimum absolute atomic E-state index is 0.167. The van der Waals surface area contributed by atoms with Crippen molar-refractivity contribution in [3.63, 3.8) is 0 Å². The second-order valence-electron chi connectivity index (χ2n) is 5.60. The second kappa shape index (κ2) is 6.53. The molecule has 1 unspecified atom stereocenters. The molecule has 1 aliphatic heterocycles. The molecule has 0 spiro atoms. The van der Waals surface area contributed by atoms with E-state index >= 15 is 0 Å². The van der Waals surface area contributed by atoms with Gasteiger partial charge >= 0.3 is 0 Å². The van der Waals surface area contributed by atoms with Crippen LogP contribution in [0.2, 0.25) is 0 Å². The fourth-order valence-corrected chi connectivity index (χ4v) is 2.90. The van der Waals surface area contributed by atoms with Crippen molar-refractivity contribution in [2.45, 2.75) is 63.7 Å². The molecule has 1 amide bonds. The van der Waals surface area contributed by atoms with E-state index in [2.05, 4.69) is 12.2 Å². The molecule has 18 heavy (non-hydrogen) atoms. The summed E-state index contributed by atoms with van der Waals surface area (Å²) >= 11 is 0. The van der Waals surface area contributed by atoms with Crippen LogP contribution in [0.4, 0.5) is 0 Å². The maximum Gasteiger partial charge on any atom is 0.251 e. The molecule has 2 aliphatic rings. The standard InChI is InChI=1S/C14H26N2O2/c1-3-9-15-11-4-6-12(7-5-11)18-13-8-10-16(2)14(13)17/h11-13,15H,3-10H2,1-2H3. The van der Waals surface area contributed by atoms with Crippen LogP contribution in [0.15, 0.2) is 0 Å². The van der Waals surface area contributed by atoms with Gasteiger partial charge in [-0.3, -0.25) is 4.79 Å². The fraction of sp³-hybridized carbons (Fsp3) is 0.929. The predicted molar refractivity (Wildman–Crippen MR) is 71.5 cm³/mol. The number of ether oxygens (including phenoxy) is 1. The van der Waals surface area contributed by atoms with Gasteiger partial charge in [-0.1, -0.05) is 6.92 Å². The smallest absolute Gasteiger partial charge is 0.251 e. The highest BCUT2D eigenvalue weighted by atomic mass is 16.5. The molecule has 104 valence electrons. The summed E-state index contributed by atoms with van der Waals surface area (Å²) in [6.07, 6.45) is 6.74. The molecule has 2 rings (SSSR count). The Labute approximate surface area is 110 Å². The summed E-state index contributed by atoms with van der Waals surface area (Å²) in [4.78, 5) is 13.6. The third-order valence-electron chi connectivity index (χ3n) is 4.09. The highest BCUT2D eigenvalue weighted by Gasteiger charge is 2.33. The Morgan fingerprint density at radius 1 is 1.28 bits per heavy atom. The average Bonchev–Trinajstić information content (AvgIpc) is 2.70. The molecule has 4 heteroatoms. The van der Waals surface area contributed by atoms with Gasteiger partial charge in [0.05, 0.1) is 6.10 Å². The Bertz CT molecular complexity index is 275. The van der Waals surface area contributed by atoms with Crippen LogP contribution >= 0.6 is 0 Å². The second-order valence-corrected chi connectivity index (χ2v) is 5.60. The molecule has 0 aromatic carbocycles. The SMILES string of the molecule is CCCNC1CCC(OC2CCN(C)C2=O)CC1. The lowest BCUT2D eigenvalue weighted by molar-refractivity contribution is -0.140. The first-order valence-corrected chi connectivity index (χ1v) is 7.34. The van der Waals surface area contributed by atoms with Crippen molar-refractivity contribution in [1.82, 2.24) is 10.2 Å². The topological polar surface area (TPSA) is 41.6 Å². The average molecular weight is 254 g/mol. The summed E-state index contributed by atoms with van der Waals surface area (Å²) in [5.41, 5.74) is 0. The first-order chi connectivity index (χ1) is 8.70. The lowest BCUT2D eigenvalue weighted by atomic mass is 9.92. The van der Waals surface area contributed by atoms with Crippen molar-refractivity contribution in [2.75, 3.05) is 20.1 Å². The van der Waals surface area contributed by atoms with Crippen LogP contribution in [0.5, 0.6) is 0 Å². The van der Waals surface area contributed by atoms with E-state index in [1.54, 1.807) is 4.90 Å². The Hall–Kier alpha value is -0.610. The van der Waals surface area contributed by atoms with Gasteiger partial charge in [0.2, 0.25) is 0 Å². The van der Waals surface area contributed by atoms with E-state index in [1.807, 2.05) is 7.05 Å². The van der Waals surface area contributed by atoms with Gasteiger partial charge in [0.15, 0.2) is 0 Å². The van der Waals surface area contributed by atoms with Crippen molar-refractivity contribution in [1.29, 1.82) is 0 Å². The maximum absolute atomic E-state index is 11.8. The minimum Gasteiger partial charge on any atom is -0.365 e. The van der Waals surface area contributed by atoms with Crippen molar-refractivity contribution in [3.05, 3.63) is 0 Å². The van der Waals surface area contributed by atoms with E-state index in [0.717, 1.165) is 32.4 Å². The summed E-state index contributed by atoms with van der Waals surface area (Å²) < 4.78 is 5.97. The Balaban J connectivity index is 1.69. The molecule has 1 N–H and O–H groups in total. The lowest BCUT2D eigenvalue weighted by Crippen LogP contribution is -2.38. The van der Waals surface area contributed by atoms with E-state index in [1.165, 1.54) is 19.3 Å². The Morgan fingerprint density at radius 3 is 2.56 bits per heavy atom. The van der Waals surface area contributed by atoms with Crippen molar-refractivity contribution in [2.24, 2.45) is 0 Å². The molecule has 0 aromatic rings. The normalized spacial score (nSPS) is 33.1. The molecule has 0 bridgehead atoms. The maximum atomic E-state index is 11.8. The first-order valence-electron chi connectivity index (χ1n) is 7.34. The van der Waals surface area contributed by atoms with Crippen molar-refractivity contribution >= 4 is 5.91 Å². The monoisotopic (exact) mass is 254 g/mol. The van der Waals surface area contributed by atoms with Crippen LogP contribution in [-0.2, 0) is 9.53 Å². The quantitative estimate of drug-likeness (QED) is 0.809. The molecule has 1 aliphatic carbocycles. The summed E-state index contributed by atoms with van der Waals surface area (Å²) in [6.45, 7) is 4.16. The van der Waals surface area contributed by atoms with E-state index in [4.69, 9.17) is 4.74 Å². The van der Waals surface area contributed by atoms with Crippen LogP contribution in [-0.4, -0.2) is 49.2 Å². The van der Waals surface area contributed by atoms with Gasteiger partial charge in [0.25, 0.3) is 5.91 Å². The van der Waals surface area contributed by atoms with Crippen LogP contribution in [0, 0.1) is 0 Å².